The predicted octanol–water partition coefficient (Wildman–Crippen LogP) is 3.07. The van der Waals surface area contributed by atoms with Crippen molar-refractivity contribution in [2.75, 3.05) is 6.54 Å². The van der Waals surface area contributed by atoms with Crippen molar-refractivity contribution in [1.82, 2.24) is 10.2 Å². The predicted molar refractivity (Wildman–Crippen MR) is 80.5 cm³/mol. The molecule has 1 fully saturated rings. The second kappa shape index (κ2) is 6.86. The van der Waals surface area contributed by atoms with Gasteiger partial charge < -0.3 is 14.6 Å². The first-order chi connectivity index (χ1) is 11.1. The lowest BCUT2D eigenvalue weighted by Gasteiger charge is -2.40. The monoisotopic (exact) mass is 346 g/mol. The number of carbonyl (C=O) groups excluding carboxylic acids is 2. The smallest absolute Gasteiger partial charge is 0.408 e. The summed E-state index contributed by atoms with van der Waals surface area (Å²) >= 11 is 0. The van der Waals surface area contributed by atoms with Crippen LogP contribution < -0.4 is 5.32 Å². The van der Waals surface area contributed by atoms with E-state index in [2.05, 4.69) is 5.32 Å². The number of hydrogen-bond acceptors (Lipinski definition) is 3. The van der Waals surface area contributed by atoms with Crippen molar-refractivity contribution in [3.05, 3.63) is 23.7 Å². The lowest BCUT2D eigenvalue weighted by atomic mass is 9.96. The molecule has 0 saturated carbocycles. The first-order valence-electron chi connectivity index (χ1n) is 7.83. The maximum Gasteiger partial charge on any atom is 0.408 e. The van der Waals surface area contributed by atoms with Crippen molar-refractivity contribution in [3.63, 3.8) is 0 Å². The zero-order valence-corrected chi connectivity index (χ0v) is 13.8. The minimum absolute atomic E-state index is 0.0528. The molecule has 1 N–H and O–H groups in total. The van der Waals surface area contributed by atoms with Gasteiger partial charge in [-0.2, -0.15) is 13.2 Å². The largest absolute Gasteiger partial charge is 0.459 e. The summed E-state index contributed by atoms with van der Waals surface area (Å²) in [5, 5.41) is 2.59. The van der Waals surface area contributed by atoms with E-state index in [1.54, 1.807) is 6.07 Å². The molecule has 5 nitrogen and oxygen atoms in total. The topological polar surface area (TPSA) is 62.6 Å². The molecule has 24 heavy (non-hydrogen) atoms. The Hall–Kier alpha value is -1.99. The highest BCUT2D eigenvalue weighted by Crippen LogP contribution is 2.34. The van der Waals surface area contributed by atoms with Gasteiger partial charge in [0.15, 0.2) is 5.76 Å². The van der Waals surface area contributed by atoms with Crippen LogP contribution in [0.1, 0.15) is 55.6 Å². The molecular formula is C16H21F3N2O3. The minimum atomic E-state index is -4.53. The summed E-state index contributed by atoms with van der Waals surface area (Å²) in [5.74, 6) is -1.24. The summed E-state index contributed by atoms with van der Waals surface area (Å²) in [4.78, 5) is 24.7. The molecule has 1 saturated heterocycles. The van der Waals surface area contributed by atoms with Crippen LogP contribution in [0.25, 0.3) is 0 Å². The second-order valence-electron chi connectivity index (χ2n) is 6.35. The number of nitrogens with one attached hydrogen (secondary N) is 1. The fraction of sp³-hybridized carbons (Fsp3) is 0.625. The van der Waals surface area contributed by atoms with E-state index in [-0.39, 0.29) is 37.0 Å². The zero-order chi connectivity index (χ0) is 18.1. The van der Waals surface area contributed by atoms with Gasteiger partial charge in [-0.25, -0.2) is 0 Å². The van der Waals surface area contributed by atoms with Crippen molar-refractivity contribution in [2.45, 2.75) is 57.8 Å². The first-order valence-corrected chi connectivity index (χ1v) is 7.83. The molecule has 0 radical (unpaired) electrons. The third kappa shape index (κ3) is 3.91. The molecule has 2 amide bonds. The number of nitrogens with zero attached hydrogens (tertiary/aromatic N) is 1. The van der Waals surface area contributed by atoms with Crippen LogP contribution in [0.3, 0.4) is 0 Å². The Bertz CT molecular complexity index is 610. The van der Waals surface area contributed by atoms with Gasteiger partial charge in [0.1, 0.15) is 6.04 Å². The molecule has 0 aliphatic carbocycles. The van der Waals surface area contributed by atoms with Crippen molar-refractivity contribution in [2.24, 2.45) is 0 Å². The van der Waals surface area contributed by atoms with Crippen molar-refractivity contribution >= 4 is 11.8 Å². The van der Waals surface area contributed by atoms with E-state index in [9.17, 15) is 22.8 Å². The molecule has 2 rings (SSSR count). The molecule has 2 atom stereocenters. The normalized spacial score (nSPS) is 21.9. The Morgan fingerprint density at radius 2 is 2.00 bits per heavy atom. The number of piperidine rings is 1. The molecule has 2 heterocycles. The fourth-order valence-electron chi connectivity index (χ4n) is 3.02. The number of hydrogen-bond donors (Lipinski definition) is 1. The Balaban J connectivity index is 2.30. The highest BCUT2D eigenvalue weighted by molar-refractivity contribution is 5.93. The maximum absolute atomic E-state index is 13.3. The lowest BCUT2D eigenvalue weighted by Crippen LogP contribution is -2.58. The van der Waals surface area contributed by atoms with Crippen molar-refractivity contribution in [1.29, 1.82) is 0 Å². The van der Waals surface area contributed by atoms with Gasteiger partial charge in [-0.05, 0) is 24.8 Å². The maximum atomic E-state index is 13.3. The Morgan fingerprint density at radius 3 is 2.54 bits per heavy atom. The van der Waals surface area contributed by atoms with Crippen LogP contribution in [0, 0.1) is 0 Å². The number of rotatable bonds is 3. The highest BCUT2D eigenvalue weighted by atomic mass is 19.4. The third-order valence-corrected chi connectivity index (χ3v) is 4.14. The van der Waals surface area contributed by atoms with Gasteiger partial charge in [-0.1, -0.05) is 13.8 Å². The quantitative estimate of drug-likeness (QED) is 0.915. The van der Waals surface area contributed by atoms with E-state index < -0.39 is 24.2 Å². The summed E-state index contributed by atoms with van der Waals surface area (Å²) in [5.41, 5.74) is 0.572. The average Bonchev–Trinajstić information content (AvgIpc) is 2.94. The van der Waals surface area contributed by atoms with Crippen LogP contribution in [0.2, 0.25) is 0 Å². The van der Waals surface area contributed by atoms with E-state index >= 15 is 0 Å². The lowest BCUT2D eigenvalue weighted by molar-refractivity contribution is -0.184. The van der Waals surface area contributed by atoms with E-state index in [4.69, 9.17) is 4.42 Å². The Morgan fingerprint density at radius 1 is 1.33 bits per heavy atom. The molecule has 0 unspecified atom stereocenters. The molecule has 0 spiro atoms. The van der Waals surface area contributed by atoms with Crippen LogP contribution in [0.5, 0.6) is 0 Å². The summed E-state index contributed by atoms with van der Waals surface area (Å²) in [6.07, 6.45) is -3.30. The molecule has 134 valence electrons. The van der Waals surface area contributed by atoms with Crippen molar-refractivity contribution in [3.8, 4) is 0 Å². The van der Waals surface area contributed by atoms with E-state index in [1.807, 2.05) is 13.8 Å². The molecule has 0 aromatic carbocycles. The van der Waals surface area contributed by atoms with Gasteiger partial charge >= 0.3 is 6.18 Å². The number of likely N-dealkylation sites (tertiary alicyclic amines) is 1. The van der Waals surface area contributed by atoms with E-state index in [0.29, 0.717) is 5.56 Å². The first kappa shape index (κ1) is 18.4. The van der Waals surface area contributed by atoms with Crippen molar-refractivity contribution < 1.29 is 27.2 Å². The van der Waals surface area contributed by atoms with E-state index in [0.717, 1.165) is 4.90 Å². The van der Waals surface area contributed by atoms with E-state index in [1.165, 1.54) is 13.2 Å². The number of carbonyl (C=O) groups is 2. The van der Waals surface area contributed by atoms with Gasteiger partial charge in [0.05, 0.1) is 6.26 Å². The molecule has 8 heteroatoms. The summed E-state index contributed by atoms with van der Waals surface area (Å²) in [6.45, 7) is 4.77. The highest BCUT2D eigenvalue weighted by Gasteiger charge is 2.49. The molecular weight excluding hydrogens is 325 g/mol. The van der Waals surface area contributed by atoms with Crippen LogP contribution in [-0.2, 0) is 4.79 Å². The molecule has 1 aromatic rings. The average molecular weight is 346 g/mol. The SMILES string of the molecule is CC(=O)N[C@@H]1CC[C@H](C(F)(F)F)N(C(=O)c2occc2C(C)C)C1. The second-order valence-corrected chi connectivity index (χ2v) is 6.35. The van der Waals surface area contributed by atoms with Crippen LogP contribution in [0.4, 0.5) is 13.2 Å². The summed E-state index contributed by atoms with van der Waals surface area (Å²) in [6, 6.07) is -0.780. The number of alkyl halides is 3. The molecule has 1 aliphatic heterocycles. The number of amides is 2. The van der Waals surface area contributed by atoms with Gasteiger partial charge in [-0.3, -0.25) is 9.59 Å². The van der Waals surface area contributed by atoms with Gasteiger partial charge in [0.2, 0.25) is 5.91 Å². The van der Waals surface area contributed by atoms with Crippen LogP contribution in [0.15, 0.2) is 16.7 Å². The number of halogens is 3. The molecule has 1 aliphatic rings. The van der Waals surface area contributed by atoms with Gasteiger partial charge in [0, 0.05) is 25.1 Å². The fourth-order valence-corrected chi connectivity index (χ4v) is 3.02. The summed E-state index contributed by atoms with van der Waals surface area (Å²) < 4.78 is 45.2. The number of furan rings is 1. The molecule has 1 aromatic heterocycles. The van der Waals surface area contributed by atoms with Gasteiger partial charge in [-0.15, -0.1) is 0 Å². The summed E-state index contributed by atoms with van der Waals surface area (Å²) in [7, 11) is 0. The Kier molecular flexibility index (Phi) is 5.25. The third-order valence-electron chi connectivity index (χ3n) is 4.14. The van der Waals surface area contributed by atoms with Crippen LogP contribution in [-0.4, -0.2) is 41.5 Å². The van der Waals surface area contributed by atoms with Gasteiger partial charge in [0.25, 0.3) is 5.91 Å². The standard InChI is InChI=1S/C16H21F3N2O3/c1-9(2)12-6-7-24-14(12)15(23)21-8-11(20-10(3)22)4-5-13(21)16(17,18)19/h6-7,9,11,13H,4-5,8H2,1-3H3,(H,20,22)/t11-,13-/m1/s1. The zero-order valence-electron chi connectivity index (χ0n) is 13.8. The minimum Gasteiger partial charge on any atom is -0.459 e. The Labute approximate surface area is 138 Å². The molecule has 0 bridgehead atoms. The van der Waals surface area contributed by atoms with Crippen LogP contribution >= 0.6 is 0 Å².